The topological polar surface area (TPSA) is 98.2 Å². The van der Waals surface area contributed by atoms with Gasteiger partial charge in [0.15, 0.2) is 5.76 Å². The monoisotopic (exact) mass is 357 g/mol. The highest BCUT2D eigenvalue weighted by Crippen LogP contribution is 2.28. The van der Waals surface area contributed by atoms with Gasteiger partial charge in [0, 0.05) is 23.7 Å². The van der Waals surface area contributed by atoms with E-state index in [1.807, 2.05) is 0 Å². The third kappa shape index (κ3) is 4.11. The van der Waals surface area contributed by atoms with Crippen molar-refractivity contribution in [2.45, 2.75) is 42.7 Å². The average Bonchev–Trinajstić information content (AvgIpc) is 3.01. The van der Waals surface area contributed by atoms with Gasteiger partial charge in [-0.05, 0) is 31.4 Å². The fourth-order valence-electron chi connectivity index (χ4n) is 2.88. The minimum Gasteiger partial charge on any atom is -0.356 e. The zero-order chi connectivity index (χ0) is 15.6. The Balaban J connectivity index is 0.00000192. The van der Waals surface area contributed by atoms with Crippen molar-refractivity contribution in [2.75, 3.05) is 0 Å². The van der Waals surface area contributed by atoms with E-state index in [1.54, 1.807) is 30.3 Å². The standard InChI is InChI=1S/C15H19N3O3S.ClH/c16-11-4-3-5-12(10-11)18-22(19,20)15-7-2-1-6-13(15)14-8-9-17-21-14;/h1-2,6-9,11-12,18H,3-5,10,16H2;1H. The molecule has 2 unspecified atom stereocenters. The molecule has 2 atom stereocenters. The van der Waals surface area contributed by atoms with Crippen LogP contribution in [-0.4, -0.2) is 25.7 Å². The molecule has 8 heteroatoms. The highest BCUT2D eigenvalue weighted by molar-refractivity contribution is 7.89. The maximum Gasteiger partial charge on any atom is 0.241 e. The molecule has 1 heterocycles. The Morgan fingerprint density at radius 3 is 2.70 bits per heavy atom. The summed E-state index contributed by atoms with van der Waals surface area (Å²) in [5.74, 6) is 0.432. The molecule has 23 heavy (non-hydrogen) atoms. The molecule has 1 saturated carbocycles. The molecule has 0 saturated heterocycles. The van der Waals surface area contributed by atoms with Gasteiger partial charge in [0.1, 0.15) is 0 Å². The first-order chi connectivity index (χ1) is 10.6. The molecule has 0 bridgehead atoms. The van der Waals surface area contributed by atoms with Crippen molar-refractivity contribution in [3.8, 4) is 11.3 Å². The average molecular weight is 358 g/mol. The summed E-state index contributed by atoms with van der Waals surface area (Å²) in [6.45, 7) is 0. The number of sulfonamides is 1. The zero-order valence-corrected chi connectivity index (χ0v) is 14.1. The molecule has 0 spiro atoms. The number of rotatable bonds is 4. The minimum atomic E-state index is -3.63. The van der Waals surface area contributed by atoms with Crippen molar-refractivity contribution in [3.63, 3.8) is 0 Å². The summed E-state index contributed by atoms with van der Waals surface area (Å²) in [7, 11) is -3.63. The molecule has 1 aromatic heterocycles. The Hall–Kier alpha value is -1.41. The maximum atomic E-state index is 12.7. The molecule has 0 aliphatic heterocycles. The van der Waals surface area contributed by atoms with Gasteiger partial charge >= 0.3 is 0 Å². The van der Waals surface area contributed by atoms with E-state index in [1.165, 1.54) is 6.20 Å². The first-order valence-corrected chi connectivity index (χ1v) is 8.82. The van der Waals surface area contributed by atoms with Gasteiger partial charge in [0.05, 0.1) is 11.1 Å². The Bertz CT molecular complexity index is 734. The van der Waals surface area contributed by atoms with Gasteiger partial charge in [-0.1, -0.05) is 23.7 Å². The van der Waals surface area contributed by atoms with Crippen LogP contribution in [0.2, 0.25) is 0 Å². The summed E-state index contributed by atoms with van der Waals surface area (Å²) >= 11 is 0. The largest absolute Gasteiger partial charge is 0.356 e. The highest BCUT2D eigenvalue weighted by atomic mass is 35.5. The predicted molar refractivity (Wildman–Crippen MR) is 89.7 cm³/mol. The summed E-state index contributed by atoms with van der Waals surface area (Å²) in [5, 5.41) is 3.64. The van der Waals surface area contributed by atoms with Gasteiger partial charge in [-0.3, -0.25) is 0 Å². The van der Waals surface area contributed by atoms with Gasteiger partial charge in [0.25, 0.3) is 0 Å². The van der Waals surface area contributed by atoms with E-state index in [0.717, 1.165) is 19.3 Å². The van der Waals surface area contributed by atoms with Gasteiger partial charge in [-0.25, -0.2) is 13.1 Å². The van der Waals surface area contributed by atoms with Crippen molar-refractivity contribution in [3.05, 3.63) is 36.5 Å². The second kappa shape index (κ2) is 7.44. The van der Waals surface area contributed by atoms with Crippen molar-refractivity contribution in [1.29, 1.82) is 0 Å². The van der Waals surface area contributed by atoms with Crippen molar-refractivity contribution in [2.24, 2.45) is 5.73 Å². The number of nitrogens with two attached hydrogens (primary N) is 1. The highest BCUT2D eigenvalue weighted by Gasteiger charge is 2.27. The summed E-state index contributed by atoms with van der Waals surface area (Å²) in [6, 6.07) is 8.34. The molecule has 0 amide bonds. The molecule has 1 fully saturated rings. The van der Waals surface area contributed by atoms with E-state index < -0.39 is 10.0 Å². The van der Waals surface area contributed by atoms with Crippen LogP contribution in [0.15, 0.2) is 45.9 Å². The fraction of sp³-hybridized carbons (Fsp3) is 0.400. The molecule has 0 radical (unpaired) electrons. The lowest BCUT2D eigenvalue weighted by molar-refractivity contribution is 0.371. The van der Waals surface area contributed by atoms with Crippen LogP contribution < -0.4 is 10.5 Å². The Kier molecular flexibility index (Phi) is 5.80. The predicted octanol–water partition coefficient (Wildman–Crippen LogP) is 2.31. The van der Waals surface area contributed by atoms with Crippen molar-refractivity contribution >= 4 is 22.4 Å². The number of hydrogen-bond acceptors (Lipinski definition) is 5. The first-order valence-electron chi connectivity index (χ1n) is 7.34. The lowest BCUT2D eigenvalue weighted by Crippen LogP contribution is -2.42. The van der Waals surface area contributed by atoms with E-state index in [-0.39, 0.29) is 29.4 Å². The normalized spacial score (nSPS) is 21.6. The molecule has 6 nitrogen and oxygen atoms in total. The molecule has 3 N–H and O–H groups in total. The van der Waals surface area contributed by atoms with Crippen molar-refractivity contribution in [1.82, 2.24) is 9.88 Å². The number of hydrogen-bond donors (Lipinski definition) is 2. The van der Waals surface area contributed by atoms with Crippen LogP contribution in [0.4, 0.5) is 0 Å². The summed E-state index contributed by atoms with van der Waals surface area (Å²) in [4.78, 5) is 0.200. The Morgan fingerprint density at radius 2 is 2.00 bits per heavy atom. The van der Waals surface area contributed by atoms with Crippen LogP contribution in [0.1, 0.15) is 25.7 Å². The van der Waals surface area contributed by atoms with Gasteiger partial charge in [-0.2, -0.15) is 0 Å². The van der Waals surface area contributed by atoms with Crippen LogP contribution in [-0.2, 0) is 10.0 Å². The first kappa shape index (κ1) is 17.9. The lowest BCUT2D eigenvalue weighted by atomic mass is 9.92. The minimum absolute atomic E-state index is 0. The molecule has 1 aliphatic carbocycles. The summed E-state index contributed by atoms with van der Waals surface area (Å²) in [5.41, 5.74) is 6.44. The number of benzene rings is 1. The number of aromatic nitrogens is 1. The number of halogens is 1. The van der Waals surface area contributed by atoms with Gasteiger partial charge < -0.3 is 10.3 Å². The summed E-state index contributed by atoms with van der Waals surface area (Å²) < 4.78 is 33.3. The molecule has 3 rings (SSSR count). The second-order valence-corrected chi connectivity index (χ2v) is 7.30. The van der Waals surface area contributed by atoms with E-state index in [4.69, 9.17) is 10.3 Å². The van der Waals surface area contributed by atoms with E-state index in [0.29, 0.717) is 17.7 Å². The maximum absolute atomic E-state index is 12.7. The molecule has 2 aromatic rings. The van der Waals surface area contributed by atoms with Crippen LogP contribution in [0.25, 0.3) is 11.3 Å². The third-order valence-electron chi connectivity index (χ3n) is 3.92. The van der Waals surface area contributed by atoms with Crippen LogP contribution in [0, 0.1) is 0 Å². The SMILES string of the molecule is Cl.NC1CCCC(NS(=O)(=O)c2ccccc2-c2ccno2)C1. The fourth-order valence-corrected chi connectivity index (χ4v) is 4.37. The molecule has 1 aliphatic rings. The smallest absolute Gasteiger partial charge is 0.241 e. The molecular formula is C15H20ClN3O3S. The zero-order valence-electron chi connectivity index (χ0n) is 12.5. The molecule has 126 valence electrons. The molecular weight excluding hydrogens is 338 g/mol. The van der Waals surface area contributed by atoms with Crippen molar-refractivity contribution < 1.29 is 12.9 Å². The third-order valence-corrected chi connectivity index (χ3v) is 5.50. The number of nitrogens with one attached hydrogen (secondary N) is 1. The Morgan fingerprint density at radius 1 is 1.22 bits per heavy atom. The Labute approximate surface area is 141 Å². The van der Waals surface area contributed by atoms with E-state index in [9.17, 15) is 8.42 Å². The van der Waals surface area contributed by atoms with Gasteiger partial charge in [0.2, 0.25) is 10.0 Å². The van der Waals surface area contributed by atoms with Crippen LogP contribution in [0.3, 0.4) is 0 Å². The van der Waals surface area contributed by atoms with Gasteiger partial charge in [-0.15, -0.1) is 12.4 Å². The van der Waals surface area contributed by atoms with E-state index >= 15 is 0 Å². The second-order valence-electron chi connectivity index (χ2n) is 5.62. The molecule has 1 aromatic carbocycles. The quantitative estimate of drug-likeness (QED) is 0.874. The lowest BCUT2D eigenvalue weighted by Gasteiger charge is -2.27. The number of nitrogens with zero attached hydrogens (tertiary/aromatic N) is 1. The van der Waals surface area contributed by atoms with E-state index in [2.05, 4.69) is 9.88 Å². The van der Waals surface area contributed by atoms with Crippen LogP contribution >= 0.6 is 12.4 Å². The summed E-state index contributed by atoms with van der Waals surface area (Å²) in [6.07, 6.45) is 4.87. The van der Waals surface area contributed by atoms with Crippen LogP contribution in [0.5, 0.6) is 0 Å².